The molecule has 0 aliphatic heterocycles. The van der Waals surface area contributed by atoms with E-state index in [1.54, 1.807) is 0 Å². The first-order valence-corrected chi connectivity index (χ1v) is 14.8. The molecule has 210 valence electrons. The number of fused-ring (bicyclic) bond motifs is 2. The molecule has 0 saturated carbocycles. The molecule has 0 spiro atoms. The molecule has 0 saturated heterocycles. The predicted molar refractivity (Wildman–Crippen MR) is 159 cm³/mol. The van der Waals surface area contributed by atoms with Crippen LogP contribution in [0.4, 0.5) is 5.69 Å². The van der Waals surface area contributed by atoms with E-state index in [0.717, 1.165) is 39.6 Å². The number of amides is 1. The third kappa shape index (κ3) is 6.00. The number of carbonyl (C=O) groups excluding carboxylic acids is 1. The lowest BCUT2D eigenvalue weighted by atomic mass is 9.82. The van der Waals surface area contributed by atoms with Crippen LogP contribution in [0.15, 0.2) is 77.7 Å². The summed E-state index contributed by atoms with van der Waals surface area (Å²) >= 11 is 0. The van der Waals surface area contributed by atoms with E-state index in [2.05, 4.69) is 35.6 Å². The quantitative estimate of drug-likeness (QED) is 0.131. The maximum atomic E-state index is 14.0. The Kier molecular flexibility index (Phi) is 8.56. The minimum absolute atomic E-state index is 0.0245. The highest BCUT2D eigenvalue weighted by Gasteiger charge is 2.36. The van der Waals surface area contributed by atoms with Crippen LogP contribution in [0.3, 0.4) is 0 Å². The fraction of sp³-hybridized carbons (Fsp3) is 0.323. The number of hydrogen-bond donors (Lipinski definition) is 1. The van der Waals surface area contributed by atoms with Gasteiger partial charge in [-0.1, -0.05) is 75.7 Å². The van der Waals surface area contributed by atoms with Crippen LogP contribution < -0.4 is 5.32 Å². The average Bonchev–Trinajstić information content (AvgIpc) is 2.94. The van der Waals surface area contributed by atoms with Gasteiger partial charge in [0.05, 0.1) is 4.92 Å². The molecule has 4 aromatic rings. The summed E-state index contributed by atoms with van der Waals surface area (Å²) in [7, 11) is -2.84. The Morgan fingerprint density at radius 2 is 1.57 bits per heavy atom. The van der Waals surface area contributed by atoms with Gasteiger partial charge in [-0.3, -0.25) is 14.9 Å². The minimum atomic E-state index is -4.25. The van der Waals surface area contributed by atoms with Crippen molar-refractivity contribution in [2.75, 3.05) is 20.1 Å². The van der Waals surface area contributed by atoms with E-state index in [0.29, 0.717) is 12.8 Å². The fourth-order valence-electron chi connectivity index (χ4n) is 5.23. The van der Waals surface area contributed by atoms with Crippen molar-refractivity contribution in [1.29, 1.82) is 0 Å². The topological polar surface area (TPSA) is 110 Å². The van der Waals surface area contributed by atoms with Crippen molar-refractivity contribution in [2.24, 2.45) is 5.41 Å². The lowest BCUT2D eigenvalue weighted by Gasteiger charge is -2.33. The Morgan fingerprint density at radius 1 is 0.975 bits per heavy atom. The molecule has 0 atom stereocenters. The van der Waals surface area contributed by atoms with Gasteiger partial charge >= 0.3 is 0 Å². The Balaban J connectivity index is 1.76. The van der Waals surface area contributed by atoms with Crippen LogP contribution in [0.5, 0.6) is 0 Å². The van der Waals surface area contributed by atoms with Gasteiger partial charge in [0.25, 0.3) is 11.6 Å². The summed E-state index contributed by atoms with van der Waals surface area (Å²) in [4.78, 5) is 22.9. The largest absolute Gasteiger partial charge is 0.355 e. The number of unbranched alkanes of at least 4 members (excludes halogenated alkanes) is 1. The molecule has 0 aliphatic rings. The van der Waals surface area contributed by atoms with Crippen molar-refractivity contribution >= 4 is 43.2 Å². The van der Waals surface area contributed by atoms with Gasteiger partial charge in [0.2, 0.25) is 10.0 Å². The second kappa shape index (κ2) is 11.7. The predicted octanol–water partition coefficient (Wildman–Crippen LogP) is 6.32. The zero-order valence-electron chi connectivity index (χ0n) is 23.3. The van der Waals surface area contributed by atoms with Crippen molar-refractivity contribution in [2.45, 2.75) is 44.9 Å². The average molecular weight is 562 g/mol. The standard InChI is InChI=1S/C31H35N3O5S/c1-5-6-17-33(40(38,39)29-16-15-24(30(35)32-4)19-28(29)34(36)37)21-31(2,3)20-27-25-13-9-7-11-22(25)18-23-12-8-10-14-26(23)27/h7-16,18-19H,5-6,17,20-21H2,1-4H3,(H,32,35). The Morgan fingerprint density at radius 3 is 2.12 bits per heavy atom. The molecular weight excluding hydrogens is 526 g/mol. The molecule has 0 heterocycles. The van der Waals surface area contributed by atoms with E-state index in [1.165, 1.54) is 23.5 Å². The highest BCUT2D eigenvalue weighted by Crippen LogP contribution is 2.36. The number of carbonyl (C=O) groups is 1. The van der Waals surface area contributed by atoms with Crippen LogP contribution in [0, 0.1) is 15.5 Å². The van der Waals surface area contributed by atoms with Crippen LogP contribution in [0.2, 0.25) is 0 Å². The van der Waals surface area contributed by atoms with Crippen LogP contribution >= 0.6 is 0 Å². The van der Waals surface area contributed by atoms with Gasteiger partial charge < -0.3 is 5.32 Å². The smallest absolute Gasteiger partial charge is 0.290 e. The van der Waals surface area contributed by atoms with E-state index in [-0.39, 0.29) is 18.7 Å². The second-order valence-electron chi connectivity index (χ2n) is 10.8. The molecule has 0 unspecified atom stereocenters. The van der Waals surface area contributed by atoms with Crippen molar-refractivity contribution in [3.63, 3.8) is 0 Å². The first-order valence-electron chi connectivity index (χ1n) is 13.4. The number of nitro benzene ring substituents is 1. The van der Waals surface area contributed by atoms with E-state index in [1.807, 2.05) is 45.0 Å². The summed E-state index contributed by atoms with van der Waals surface area (Å²) < 4.78 is 29.3. The molecule has 40 heavy (non-hydrogen) atoms. The monoisotopic (exact) mass is 561 g/mol. The number of benzene rings is 4. The zero-order valence-corrected chi connectivity index (χ0v) is 24.1. The van der Waals surface area contributed by atoms with Gasteiger partial charge in [-0.05, 0) is 63.6 Å². The normalized spacial score (nSPS) is 12.2. The van der Waals surface area contributed by atoms with Gasteiger partial charge in [0, 0.05) is 31.8 Å². The van der Waals surface area contributed by atoms with Crippen molar-refractivity contribution in [3.05, 3.63) is 94.0 Å². The third-order valence-corrected chi connectivity index (χ3v) is 9.06. The van der Waals surface area contributed by atoms with E-state index in [9.17, 15) is 23.3 Å². The van der Waals surface area contributed by atoms with Gasteiger partial charge in [-0.25, -0.2) is 8.42 Å². The first kappa shape index (κ1) is 29.2. The van der Waals surface area contributed by atoms with Gasteiger partial charge in [-0.2, -0.15) is 4.31 Å². The van der Waals surface area contributed by atoms with Gasteiger partial charge in [-0.15, -0.1) is 0 Å². The van der Waals surface area contributed by atoms with Gasteiger partial charge in [0.15, 0.2) is 4.90 Å². The number of rotatable bonds is 11. The summed E-state index contributed by atoms with van der Waals surface area (Å²) in [5.41, 5.74) is 0.0502. The van der Waals surface area contributed by atoms with Gasteiger partial charge in [0.1, 0.15) is 0 Å². The highest BCUT2D eigenvalue weighted by atomic mass is 32.2. The highest BCUT2D eigenvalue weighted by molar-refractivity contribution is 7.89. The van der Waals surface area contributed by atoms with E-state index in [4.69, 9.17) is 0 Å². The summed E-state index contributed by atoms with van der Waals surface area (Å²) in [5, 5.41) is 18.8. The van der Waals surface area contributed by atoms with Crippen molar-refractivity contribution in [3.8, 4) is 0 Å². The zero-order chi connectivity index (χ0) is 29.1. The molecule has 0 aliphatic carbocycles. The molecule has 8 nitrogen and oxygen atoms in total. The van der Waals surface area contributed by atoms with Crippen molar-refractivity contribution < 1.29 is 18.1 Å². The van der Waals surface area contributed by atoms with Crippen LogP contribution in [0.25, 0.3) is 21.5 Å². The molecular formula is C31H35N3O5S. The second-order valence-corrected chi connectivity index (χ2v) is 12.8. The maximum absolute atomic E-state index is 14.0. The maximum Gasteiger partial charge on any atom is 0.290 e. The van der Waals surface area contributed by atoms with Crippen LogP contribution in [0.1, 0.15) is 49.5 Å². The molecule has 0 fully saturated rings. The Hall–Kier alpha value is -3.82. The molecule has 1 amide bonds. The molecule has 4 aromatic carbocycles. The SMILES string of the molecule is CCCCN(CC(C)(C)Cc1c2ccccc2cc2ccccc12)S(=O)(=O)c1ccc(C(=O)NC)cc1[N+](=O)[O-]. The lowest BCUT2D eigenvalue weighted by Crippen LogP contribution is -2.40. The molecule has 9 heteroatoms. The number of sulfonamides is 1. The van der Waals surface area contributed by atoms with Crippen molar-refractivity contribution in [1.82, 2.24) is 9.62 Å². The van der Waals surface area contributed by atoms with Crippen LogP contribution in [-0.4, -0.2) is 43.7 Å². The molecule has 4 rings (SSSR count). The third-order valence-electron chi connectivity index (χ3n) is 7.17. The molecule has 0 radical (unpaired) electrons. The lowest BCUT2D eigenvalue weighted by molar-refractivity contribution is -0.387. The summed E-state index contributed by atoms with van der Waals surface area (Å²) in [6.45, 7) is 6.43. The first-order chi connectivity index (χ1) is 19.0. The molecule has 1 N–H and O–H groups in total. The van der Waals surface area contributed by atoms with E-state index >= 15 is 0 Å². The Bertz CT molecular complexity index is 1630. The van der Waals surface area contributed by atoms with Crippen LogP contribution in [-0.2, 0) is 16.4 Å². The molecule has 0 aromatic heterocycles. The Labute approximate surface area is 235 Å². The number of nitro groups is 1. The number of hydrogen-bond acceptors (Lipinski definition) is 5. The number of nitrogens with zero attached hydrogens (tertiary/aromatic N) is 2. The number of nitrogens with one attached hydrogen (secondary N) is 1. The minimum Gasteiger partial charge on any atom is -0.355 e. The summed E-state index contributed by atoms with van der Waals surface area (Å²) in [6, 6.07) is 22.0. The summed E-state index contributed by atoms with van der Waals surface area (Å²) in [6.07, 6.45) is 1.97. The summed E-state index contributed by atoms with van der Waals surface area (Å²) in [5.74, 6) is -0.529. The fourth-order valence-corrected chi connectivity index (χ4v) is 7.04. The van der Waals surface area contributed by atoms with E-state index < -0.39 is 36.9 Å². The molecule has 0 bridgehead atoms.